The van der Waals surface area contributed by atoms with Gasteiger partial charge in [-0.15, -0.1) is 12.4 Å². The van der Waals surface area contributed by atoms with Crippen molar-refractivity contribution in [2.45, 2.75) is 4.90 Å². The van der Waals surface area contributed by atoms with Gasteiger partial charge in [0.15, 0.2) is 0 Å². The van der Waals surface area contributed by atoms with Gasteiger partial charge in [0.2, 0.25) is 10.0 Å². The molecule has 2 aliphatic heterocycles. The van der Waals surface area contributed by atoms with Gasteiger partial charge in [0.1, 0.15) is 16.3 Å². The van der Waals surface area contributed by atoms with Gasteiger partial charge in [0, 0.05) is 13.1 Å². The molecule has 136 valence electrons. The molecule has 3 heterocycles. The highest BCUT2D eigenvalue weighted by molar-refractivity contribution is 7.89. The van der Waals surface area contributed by atoms with Crippen molar-refractivity contribution in [2.75, 3.05) is 33.3 Å². The number of aromatic nitrogens is 2. The van der Waals surface area contributed by atoms with E-state index in [0.717, 1.165) is 13.1 Å². The highest BCUT2D eigenvalue weighted by atomic mass is 35.5. The van der Waals surface area contributed by atoms with Crippen molar-refractivity contribution in [2.24, 2.45) is 11.8 Å². The van der Waals surface area contributed by atoms with Gasteiger partial charge >= 0.3 is 0 Å². The molecule has 0 radical (unpaired) electrons. The predicted molar refractivity (Wildman–Crippen MR) is 96.0 cm³/mol. The molecule has 0 spiro atoms. The third-order valence-electron chi connectivity index (χ3n) is 4.88. The van der Waals surface area contributed by atoms with E-state index >= 15 is 0 Å². The Balaban J connectivity index is 0.00000182. The molecule has 2 saturated heterocycles. The summed E-state index contributed by atoms with van der Waals surface area (Å²) in [4.78, 5) is 0.223. The summed E-state index contributed by atoms with van der Waals surface area (Å²) < 4.78 is 34.2. The Kier molecular flexibility index (Phi) is 5.06. The lowest BCUT2D eigenvalue weighted by Gasteiger charge is -2.16. The SMILES string of the molecule is COc1ccccc1-n1cc(S(=O)(=O)N2C[C@H]3CNC[C@H]3C2)cn1.Cl. The molecule has 7 nitrogen and oxygen atoms in total. The molecule has 1 N–H and O–H groups in total. The molecule has 2 aliphatic rings. The van der Waals surface area contributed by atoms with E-state index in [-0.39, 0.29) is 17.3 Å². The number of fused-ring (bicyclic) bond motifs is 1. The van der Waals surface area contributed by atoms with Gasteiger partial charge in [0.05, 0.1) is 19.5 Å². The summed E-state index contributed by atoms with van der Waals surface area (Å²) in [5, 5.41) is 7.55. The van der Waals surface area contributed by atoms with Crippen LogP contribution >= 0.6 is 12.4 Å². The fourth-order valence-corrected chi connectivity index (χ4v) is 5.03. The number of nitrogens with one attached hydrogen (secondary N) is 1. The molecule has 1 aromatic carbocycles. The summed E-state index contributed by atoms with van der Waals surface area (Å²) in [6, 6.07) is 7.39. The van der Waals surface area contributed by atoms with Crippen LogP contribution in [0.15, 0.2) is 41.6 Å². The first kappa shape index (κ1) is 18.2. The zero-order valence-electron chi connectivity index (χ0n) is 13.8. The minimum atomic E-state index is -3.51. The van der Waals surface area contributed by atoms with Gasteiger partial charge in [-0.1, -0.05) is 12.1 Å². The van der Waals surface area contributed by atoms with Crippen molar-refractivity contribution in [1.82, 2.24) is 19.4 Å². The van der Waals surface area contributed by atoms with Crippen molar-refractivity contribution in [3.05, 3.63) is 36.7 Å². The van der Waals surface area contributed by atoms with Crippen LogP contribution in [0.5, 0.6) is 5.75 Å². The van der Waals surface area contributed by atoms with Gasteiger partial charge in [-0.25, -0.2) is 13.1 Å². The number of para-hydroxylation sites is 2. The Morgan fingerprint density at radius 2 is 1.88 bits per heavy atom. The summed E-state index contributed by atoms with van der Waals surface area (Å²) in [5.74, 6) is 1.49. The van der Waals surface area contributed by atoms with Crippen LogP contribution in [-0.2, 0) is 10.0 Å². The van der Waals surface area contributed by atoms with E-state index in [9.17, 15) is 8.42 Å². The van der Waals surface area contributed by atoms with Crippen molar-refractivity contribution >= 4 is 22.4 Å². The van der Waals surface area contributed by atoms with Crippen LogP contribution in [0.25, 0.3) is 5.69 Å². The van der Waals surface area contributed by atoms with Crippen LogP contribution in [0.4, 0.5) is 0 Å². The largest absolute Gasteiger partial charge is 0.494 e. The third-order valence-corrected chi connectivity index (χ3v) is 6.67. The summed E-state index contributed by atoms with van der Waals surface area (Å²) in [6.07, 6.45) is 2.97. The molecule has 25 heavy (non-hydrogen) atoms. The number of hydrogen-bond donors (Lipinski definition) is 1. The van der Waals surface area contributed by atoms with Gasteiger partial charge in [-0.2, -0.15) is 9.40 Å². The minimum Gasteiger partial charge on any atom is -0.494 e. The molecular weight excluding hydrogens is 364 g/mol. The third kappa shape index (κ3) is 3.15. The molecule has 4 rings (SSSR count). The minimum absolute atomic E-state index is 0. The number of sulfonamides is 1. The summed E-state index contributed by atoms with van der Waals surface area (Å²) in [5.41, 5.74) is 0.712. The number of hydrogen-bond acceptors (Lipinski definition) is 5. The first-order valence-electron chi connectivity index (χ1n) is 7.98. The quantitative estimate of drug-likeness (QED) is 0.855. The van der Waals surface area contributed by atoms with Gasteiger partial charge in [-0.05, 0) is 37.1 Å². The maximum absolute atomic E-state index is 12.9. The molecule has 2 atom stereocenters. The number of halogens is 1. The second-order valence-electron chi connectivity index (χ2n) is 6.29. The van der Waals surface area contributed by atoms with E-state index < -0.39 is 10.0 Å². The Hall–Kier alpha value is -1.61. The van der Waals surface area contributed by atoms with Crippen LogP contribution in [0.2, 0.25) is 0 Å². The molecular formula is C16H21ClN4O3S. The van der Waals surface area contributed by atoms with Crippen LogP contribution in [0.1, 0.15) is 0 Å². The highest BCUT2D eigenvalue weighted by Crippen LogP contribution is 2.31. The summed E-state index contributed by atoms with van der Waals surface area (Å²) in [6.45, 7) is 2.97. The van der Waals surface area contributed by atoms with Gasteiger partial charge < -0.3 is 10.1 Å². The van der Waals surface area contributed by atoms with Crippen molar-refractivity contribution in [1.29, 1.82) is 0 Å². The fourth-order valence-electron chi connectivity index (χ4n) is 3.55. The van der Waals surface area contributed by atoms with E-state index in [0.29, 0.717) is 36.4 Å². The predicted octanol–water partition coefficient (Wildman–Crippen LogP) is 1.14. The smallest absolute Gasteiger partial charge is 0.246 e. The Morgan fingerprint density at radius 1 is 1.20 bits per heavy atom. The lowest BCUT2D eigenvalue weighted by Crippen LogP contribution is -2.31. The standard InChI is InChI=1S/C16H20N4O3S.ClH/c1-23-16-5-3-2-4-15(16)20-11-14(8-18-20)24(21,22)19-9-12-6-17-7-13(12)10-19;/h2-5,8,11-13,17H,6-7,9-10H2,1H3;1H/t12-,13+;. The van der Waals surface area contributed by atoms with Crippen molar-refractivity contribution < 1.29 is 13.2 Å². The summed E-state index contributed by atoms with van der Waals surface area (Å²) >= 11 is 0. The second-order valence-corrected chi connectivity index (χ2v) is 8.23. The molecule has 0 unspecified atom stereocenters. The Morgan fingerprint density at radius 3 is 2.56 bits per heavy atom. The van der Waals surface area contributed by atoms with Crippen LogP contribution in [0.3, 0.4) is 0 Å². The molecule has 2 aromatic rings. The highest BCUT2D eigenvalue weighted by Gasteiger charge is 2.41. The van der Waals surface area contributed by atoms with E-state index in [1.807, 2.05) is 24.3 Å². The first-order chi connectivity index (χ1) is 11.6. The molecule has 0 amide bonds. The summed E-state index contributed by atoms with van der Waals surface area (Å²) in [7, 11) is -1.93. The van der Waals surface area contributed by atoms with Crippen LogP contribution < -0.4 is 10.1 Å². The number of methoxy groups -OCH3 is 1. The topological polar surface area (TPSA) is 76.5 Å². The van der Waals surface area contributed by atoms with E-state index in [2.05, 4.69) is 10.4 Å². The van der Waals surface area contributed by atoms with Crippen LogP contribution in [0, 0.1) is 11.8 Å². The van der Waals surface area contributed by atoms with E-state index in [1.165, 1.54) is 6.20 Å². The van der Waals surface area contributed by atoms with Crippen molar-refractivity contribution in [3.63, 3.8) is 0 Å². The lowest BCUT2D eigenvalue weighted by atomic mass is 10.0. The Bertz CT molecular complexity index is 843. The molecule has 9 heteroatoms. The maximum atomic E-state index is 12.9. The second kappa shape index (κ2) is 6.95. The zero-order chi connectivity index (χ0) is 16.7. The number of ether oxygens (including phenoxy) is 1. The van der Waals surface area contributed by atoms with Gasteiger partial charge in [-0.3, -0.25) is 0 Å². The number of nitrogens with zero attached hydrogens (tertiary/aromatic N) is 3. The molecule has 0 aliphatic carbocycles. The molecule has 2 fully saturated rings. The van der Waals surface area contributed by atoms with Gasteiger partial charge in [0.25, 0.3) is 0 Å². The maximum Gasteiger partial charge on any atom is 0.246 e. The van der Waals surface area contributed by atoms with Crippen LogP contribution in [-0.4, -0.2) is 55.8 Å². The zero-order valence-corrected chi connectivity index (χ0v) is 15.5. The number of rotatable bonds is 4. The Labute approximate surface area is 153 Å². The monoisotopic (exact) mass is 384 g/mol. The molecule has 1 aromatic heterocycles. The average Bonchev–Trinajstić information content (AvgIpc) is 3.30. The molecule has 0 bridgehead atoms. The fraction of sp³-hybridized carbons (Fsp3) is 0.438. The molecule has 0 saturated carbocycles. The van der Waals surface area contributed by atoms with E-state index in [1.54, 1.807) is 22.3 Å². The lowest BCUT2D eigenvalue weighted by molar-refractivity contribution is 0.411. The normalized spacial score (nSPS) is 23.2. The first-order valence-corrected chi connectivity index (χ1v) is 9.42. The number of benzene rings is 1. The average molecular weight is 385 g/mol. The van der Waals surface area contributed by atoms with E-state index in [4.69, 9.17) is 4.74 Å². The van der Waals surface area contributed by atoms with Crippen molar-refractivity contribution in [3.8, 4) is 11.4 Å².